The van der Waals surface area contributed by atoms with Crippen LogP contribution in [0.15, 0.2) is 46.9 Å². The number of Topliss-reactive ketones (excluding diaryl/α,β-unsaturated/α-hetero) is 1. The van der Waals surface area contributed by atoms with Gasteiger partial charge in [0.15, 0.2) is 5.78 Å². The lowest BCUT2D eigenvalue weighted by molar-refractivity contribution is 0.0726. The first-order valence-electron chi connectivity index (χ1n) is 5.86. The Kier molecular flexibility index (Phi) is 5.61. The number of benzene rings is 2. The summed E-state index contributed by atoms with van der Waals surface area (Å²) in [7, 11) is 0. The molecule has 0 heterocycles. The molecule has 2 nitrogen and oxygen atoms in total. The highest BCUT2D eigenvalue weighted by atomic mass is 79.9. The number of halogens is 3. The van der Waals surface area contributed by atoms with Gasteiger partial charge >= 0.3 is 0 Å². The third-order valence-electron chi connectivity index (χ3n) is 2.62. The highest BCUT2D eigenvalue weighted by Crippen LogP contribution is 2.21. The smallest absolute Gasteiger partial charge is 0.189 e. The van der Waals surface area contributed by atoms with Crippen molar-refractivity contribution in [3.8, 4) is 0 Å². The van der Waals surface area contributed by atoms with Crippen molar-refractivity contribution in [2.45, 2.75) is 6.61 Å². The fraction of sp³-hybridized carbons (Fsp3) is 0.133. The van der Waals surface area contributed by atoms with E-state index in [-0.39, 0.29) is 12.4 Å². The van der Waals surface area contributed by atoms with E-state index in [1.54, 1.807) is 18.2 Å². The molecule has 0 radical (unpaired) electrons. The third-order valence-corrected chi connectivity index (χ3v) is 3.66. The average molecular weight is 374 g/mol. The molecule has 104 valence electrons. The van der Waals surface area contributed by atoms with Crippen molar-refractivity contribution in [3.05, 3.63) is 68.1 Å². The van der Waals surface area contributed by atoms with Gasteiger partial charge in [0.25, 0.3) is 0 Å². The van der Waals surface area contributed by atoms with Crippen LogP contribution in [0.25, 0.3) is 0 Å². The van der Waals surface area contributed by atoms with Crippen LogP contribution in [0.2, 0.25) is 10.0 Å². The monoisotopic (exact) mass is 372 g/mol. The number of hydrogen-bond acceptors (Lipinski definition) is 2. The number of rotatable bonds is 5. The number of ketones is 1. The zero-order chi connectivity index (χ0) is 14.5. The largest absolute Gasteiger partial charge is 0.369 e. The molecule has 0 fully saturated rings. The SMILES string of the molecule is O=C(COCc1cccc(Br)c1)c1ccc(Cl)cc1Cl. The van der Waals surface area contributed by atoms with Gasteiger partial charge in [-0.25, -0.2) is 0 Å². The minimum absolute atomic E-state index is 0.0200. The van der Waals surface area contributed by atoms with Crippen LogP contribution in [0, 0.1) is 0 Å². The van der Waals surface area contributed by atoms with Gasteiger partial charge in [-0.3, -0.25) is 4.79 Å². The maximum Gasteiger partial charge on any atom is 0.189 e. The lowest BCUT2D eigenvalue weighted by Crippen LogP contribution is -2.09. The van der Waals surface area contributed by atoms with E-state index < -0.39 is 0 Å². The second kappa shape index (κ2) is 7.23. The topological polar surface area (TPSA) is 26.3 Å². The Morgan fingerprint density at radius 2 is 1.95 bits per heavy atom. The van der Waals surface area contributed by atoms with E-state index in [1.165, 1.54) is 0 Å². The van der Waals surface area contributed by atoms with Crippen LogP contribution >= 0.6 is 39.1 Å². The molecule has 2 rings (SSSR count). The predicted molar refractivity (Wildman–Crippen MR) is 84.6 cm³/mol. The Bertz CT molecular complexity index is 629. The van der Waals surface area contributed by atoms with Crippen LogP contribution in [0.1, 0.15) is 15.9 Å². The normalized spacial score (nSPS) is 10.6. The highest BCUT2D eigenvalue weighted by Gasteiger charge is 2.11. The molecule has 0 aliphatic rings. The van der Waals surface area contributed by atoms with E-state index in [1.807, 2.05) is 24.3 Å². The number of carbonyl (C=O) groups is 1. The molecule has 0 saturated heterocycles. The van der Waals surface area contributed by atoms with Crippen molar-refractivity contribution < 1.29 is 9.53 Å². The zero-order valence-corrected chi connectivity index (χ0v) is 13.5. The lowest BCUT2D eigenvalue weighted by atomic mass is 10.1. The Balaban J connectivity index is 1.92. The molecule has 0 unspecified atom stereocenters. The van der Waals surface area contributed by atoms with Crippen molar-refractivity contribution in [2.24, 2.45) is 0 Å². The van der Waals surface area contributed by atoms with Crippen LogP contribution in [0.3, 0.4) is 0 Å². The average Bonchev–Trinajstić information content (AvgIpc) is 2.38. The standard InChI is InChI=1S/C15H11BrCl2O2/c16-11-3-1-2-10(6-11)8-20-9-15(19)13-5-4-12(17)7-14(13)18/h1-7H,8-9H2. The van der Waals surface area contributed by atoms with E-state index in [0.29, 0.717) is 22.2 Å². The molecule has 20 heavy (non-hydrogen) atoms. The molecule has 0 N–H and O–H groups in total. The van der Waals surface area contributed by atoms with Gasteiger partial charge in [0.2, 0.25) is 0 Å². The first-order valence-corrected chi connectivity index (χ1v) is 7.41. The van der Waals surface area contributed by atoms with Gasteiger partial charge in [0.1, 0.15) is 6.61 Å². The Labute approximate surface area is 135 Å². The summed E-state index contributed by atoms with van der Waals surface area (Å²) < 4.78 is 6.39. The summed E-state index contributed by atoms with van der Waals surface area (Å²) in [6.45, 7) is 0.351. The first kappa shape index (κ1) is 15.5. The fourth-order valence-electron chi connectivity index (χ4n) is 1.68. The minimum Gasteiger partial charge on any atom is -0.369 e. The molecule has 5 heteroatoms. The van der Waals surface area contributed by atoms with E-state index in [2.05, 4.69) is 15.9 Å². The van der Waals surface area contributed by atoms with Gasteiger partial charge < -0.3 is 4.74 Å². The maximum absolute atomic E-state index is 12.0. The van der Waals surface area contributed by atoms with Gasteiger partial charge in [-0.2, -0.15) is 0 Å². The molecule has 0 saturated carbocycles. The van der Waals surface area contributed by atoms with Crippen molar-refractivity contribution in [1.82, 2.24) is 0 Å². The molecular weight excluding hydrogens is 363 g/mol. The number of hydrogen-bond donors (Lipinski definition) is 0. The number of ether oxygens (including phenoxy) is 1. The van der Waals surface area contributed by atoms with Crippen molar-refractivity contribution in [3.63, 3.8) is 0 Å². The Morgan fingerprint density at radius 1 is 1.15 bits per heavy atom. The summed E-state index contributed by atoms with van der Waals surface area (Å²) in [6.07, 6.45) is 0. The Morgan fingerprint density at radius 3 is 2.65 bits per heavy atom. The van der Waals surface area contributed by atoms with Crippen LogP contribution in [0.4, 0.5) is 0 Å². The zero-order valence-electron chi connectivity index (χ0n) is 10.4. The van der Waals surface area contributed by atoms with Crippen LogP contribution in [-0.2, 0) is 11.3 Å². The molecule has 0 atom stereocenters. The second-order valence-corrected chi connectivity index (χ2v) is 5.93. The van der Waals surface area contributed by atoms with Gasteiger partial charge in [-0.1, -0.05) is 51.3 Å². The molecular formula is C15H11BrCl2O2. The van der Waals surface area contributed by atoms with E-state index in [4.69, 9.17) is 27.9 Å². The lowest BCUT2D eigenvalue weighted by Gasteiger charge is -2.06. The van der Waals surface area contributed by atoms with Crippen molar-refractivity contribution >= 4 is 44.9 Å². The van der Waals surface area contributed by atoms with Crippen LogP contribution < -0.4 is 0 Å². The highest BCUT2D eigenvalue weighted by molar-refractivity contribution is 9.10. The summed E-state index contributed by atoms with van der Waals surface area (Å²) in [5, 5.41) is 0.843. The summed E-state index contributed by atoms with van der Waals surface area (Å²) in [5.41, 5.74) is 1.42. The molecule has 0 aliphatic heterocycles. The predicted octanol–water partition coefficient (Wildman–Crippen LogP) is 5.16. The number of carbonyl (C=O) groups excluding carboxylic acids is 1. The fourth-order valence-corrected chi connectivity index (χ4v) is 2.64. The van der Waals surface area contributed by atoms with E-state index in [0.717, 1.165) is 10.0 Å². The van der Waals surface area contributed by atoms with Gasteiger partial charge in [-0.15, -0.1) is 0 Å². The molecule has 0 bridgehead atoms. The summed E-state index contributed by atoms with van der Waals surface area (Å²) in [6, 6.07) is 12.5. The Hall–Kier alpha value is -0.870. The van der Waals surface area contributed by atoms with Crippen LogP contribution in [-0.4, -0.2) is 12.4 Å². The first-order chi connectivity index (χ1) is 9.56. The molecule has 0 amide bonds. The van der Waals surface area contributed by atoms with Crippen molar-refractivity contribution in [2.75, 3.05) is 6.61 Å². The molecule has 0 spiro atoms. The molecule has 2 aromatic rings. The summed E-state index contributed by atoms with van der Waals surface area (Å²) in [5.74, 6) is -0.165. The van der Waals surface area contributed by atoms with Crippen LogP contribution in [0.5, 0.6) is 0 Å². The van der Waals surface area contributed by atoms with Crippen molar-refractivity contribution in [1.29, 1.82) is 0 Å². The van der Waals surface area contributed by atoms with Gasteiger partial charge in [0.05, 0.1) is 11.6 Å². The second-order valence-electron chi connectivity index (χ2n) is 4.17. The molecule has 0 aliphatic carbocycles. The quantitative estimate of drug-likeness (QED) is 0.677. The maximum atomic E-state index is 12.0. The molecule has 2 aromatic carbocycles. The van der Waals surface area contributed by atoms with E-state index >= 15 is 0 Å². The minimum atomic E-state index is -0.165. The summed E-state index contributed by atoms with van der Waals surface area (Å²) in [4.78, 5) is 12.0. The summed E-state index contributed by atoms with van der Waals surface area (Å²) >= 11 is 15.1. The third kappa shape index (κ3) is 4.32. The van der Waals surface area contributed by atoms with E-state index in [9.17, 15) is 4.79 Å². The van der Waals surface area contributed by atoms with Gasteiger partial charge in [-0.05, 0) is 35.9 Å². The molecule has 0 aromatic heterocycles. The van der Waals surface area contributed by atoms with Gasteiger partial charge in [0, 0.05) is 15.1 Å².